The van der Waals surface area contributed by atoms with Crippen LogP contribution in [-0.2, 0) is 4.79 Å². The Morgan fingerprint density at radius 1 is 1.33 bits per heavy atom. The summed E-state index contributed by atoms with van der Waals surface area (Å²) < 4.78 is 31.7. The normalized spacial score (nSPS) is 8.78. The molecule has 0 bridgehead atoms. The molecule has 2 nitrogen and oxygen atoms in total. The molecule has 0 unspecified atom stereocenters. The third-order valence-corrected chi connectivity index (χ3v) is 0.243. The zero-order valence-electron chi connectivity index (χ0n) is 3.40. The molecule has 0 amide bonds. The maximum atomic E-state index is 10.6. The fourth-order valence-corrected chi connectivity index (χ4v) is 0. The molecule has 0 spiro atoms. The summed E-state index contributed by atoms with van der Waals surface area (Å²) in [4.78, 5) is 8.90. The van der Waals surface area contributed by atoms with Crippen LogP contribution in [0.15, 0.2) is 0 Å². The molecule has 0 aliphatic rings. The average Bonchev–Trinajstić information content (AvgIpc) is 1.31. The van der Waals surface area contributed by atoms with Gasteiger partial charge < -0.3 is 5.11 Å². The minimum absolute atomic E-state index is 0. The van der Waals surface area contributed by atoms with Crippen LogP contribution >= 0.6 is 0 Å². The number of carboxylic acid groups (broad SMARTS) is 1. The van der Waals surface area contributed by atoms with Crippen molar-refractivity contribution in [2.45, 2.75) is 6.18 Å². The van der Waals surface area contributed by atoms with Crippen molar-refractivity contribution in [3.05, 3.63) is 0 Å². The standard InChI is InChI=1S/C2HF3O2.FH.K.H/c3-2(4,5)1(6)7;;;/h(H,6,7);1H;;. The molecule has 0 rings (SSSR count). The van der Waals surface area contributed by atoms with Crippen LogP contribution < -0.4 is 0 Å². The molecule has 0 aliphatic carbocycles. The van der Waals surface area contributed by atoms with Gasteiger partial charge in [0.25, 0.3) is 0 Å². The number of hydrogen-bond acceptors (Lipinski definition) is 1. The van der Waals surface area contributed by atoms with E-state index in [0.717, 1.165) is 0 Å². The first-order valence-corrected chi connectivity index (χ1v) is 1.24. The van der Waals surface area contributed by atoms with E-state index in [1.54, 1.807) is 0 Å². The van der Waals surface area contributed by atoms with Crippen LogP contribution in [0.25, 0.3) is 0 Å². The van der Waals surface area contributed by atoms with Crippen molar-refractivity contribution < 1.29 is 27.8 Å². The summed E-state index contributed by atoms with van der Waals surface area (Å²) in [6.45, 7) is 0. The molecule has 9 heavy (non-hydrogen) atoms. The quantitative estimate of drug-likeness (QED) is 0.419. The summed E-state index contributed by atoms with van der Waals surface area (Å²) in [6, 6.07) is 0. The van der Waals surface area contributed by atoms with Crippen LogP contribution in [0.5, 0.6) is 0 Å². The molecular weight excluding hydrogens is 171 g/mol. The van der Waals surface area contributed by atoms with E-state index in [2.05, 4.69) is 0 Å². The Balaban J connectivity index is -0.000000180. The number of carbonyl (C=O) groups is 1. The molecule has 0 saturated heterocycles. The third-order valence-electron chi connectivity index (χ3n) is 0.243. The van der Waals surface area contributed by atoms with Crippen molar-refractivity contribution in [2.75, 3.05) is 0 Å². The summed E-state index contributed by atoms with van der Waals surface area (Å²) in [5.74, 6) is -2.76. The predicted molar refractivity (Wildman–Crippen MR) is 23.3 cm³/mol. The minimum atomic E-state index is -5.08. The molecule has 0 aliphatic heterocycles. The molecule has 0 fully saturated rings. The topological polar surface area (TPSA) is 37.3 Å². The molecule has 1 N–H and O–H groups in total. The van der Waals surface area contributed by atoms with Gasteiger partial charge in [-0.1, -0.05) is 0 Å². The fourth-order valence-electron chi connectivity index (χ4n) is 0. The van der Waals surface area contributed by atoms with E-state index in [4.69, 9.17) is 9.90 Å². The van der Waals surface area contributed by atoms with Crippen LogP contribution in [0, 0.1) is 0 Å². The van der Waals surface area contributed by atoms with E-state index >= 15 is 0 Å². The van der Waals surface area contributed by atoms with Crippen molar-refractivity contribution in [3.63, 3.8) is 0 Å². The maximum absolute atomic E-state index is 10.6. The molecule has 0 aromatic heterocycles. The number of halogens is 4. The van der Waals surface area contributed by atoms with Gasteiger partial charge in [0.15, 0.2) is 0 Å². The summed E-state index contributed by atoms with van der Waals surface area (Å²) in [5, 5.41) is 7.12. The fraction of sp³-hybridized carbons (Fsp3) is 0.500. The SMILES string of the molecule is F.O=C(O)C(F)(F)F.[KH]. The second kappa shape index (κ2) is 5.60. The second-order valence-electron chi connectivity index (χ2n) is 0.803. The molecule has 0 radical (unpaired) electrons. The first-order chi connectivity index (χ1) is 2.94. The zero-order valence-corrected chi connectivity index (χ0v) is 3.40. The van der Waals surface area contributed by atoms with Crippen LogP contribution in [0.4, 0.5) is 17.9 Å². The van der Waals surface area contributed by atoms with Crippen LogP contribution in [-0.4, -0.2) is 68.6 Å². The number of carboxylic acids is 1. The number of hydrogen-bond donors (Lipinski definition) is 1. The van der Waals surface area contributed by atoms with Gasteiger partial charge in [0, 0.05) is 0 Å². The molecule has 7 heteroatoms. The first kappa shape index (κ1) is 16.4. The average molecular weight is 174 g/mol. The summed E-state index contributed by atoms with van der Waals surface area (Å²) in [5.41, 5.74) is 0. The van der Waals surface area contributed by atoms with E-state index in [0.29, 0.717) is 0 Å². The van der Waals surface area contributed by atoms with Gasteiger partial charge in [0.1, 0.15) is 0 Å². The number of aliphatic carboxylic acids is 1. The van der Waals surface area contributed by atoms with E-state index in [1.165, 1.54) is 0 Å². The Kier molecular flexibility index (Phi) is 10.2. The van der Waals surface area contributed by atoms with Gasteiger partial charge >= 0.3 is 63.5 Å². The molecule has 0 aromatic rings. The van der Waals surface area contributed by atoms with E-state index < -0.39 is 12.1 Å². The van der Waals surface area contributed by atoms with Crippen molar-refractivity contribution in [1.82, 2.24) is 0 Å². The Bertz CT molecular complexity index is 89.1. The van der Waals surface area contributed by atoms with Crippen LogP contribution in [0.2, 0.25) is 0 Å². The Morgan fingerprint density at radius 3 is 1.44 bits per heavy atom. The zero-order chi connectivity index (χ0) is 6.08. The van der Waals surface area contributed by atoms with Crippen molar-refractivity contribution in [3.8, 4) is 0 Å². The summed E-state index contributed by atoms with van der Waals surface area (Å²) in [6.07, 6.45) is -5.08. The van der Waals surface area contributed by atoms with Crippen molar-refractivity contribution in [1.29, 1.82) is 0 Å². The Labute approximate surface area is 90.2 Å². The first-order valence-electron chi connectivity index (χ1n) is 1.24. The monoisotopic (exact) mass is 174 g/mol. The molecule has 52 valence electrons. The van der Waals surface area contributed by atoms with Crippen LogP contribution in [0.3, 0.4) is 0 Å². The van der Waals surface area contributed by atoms with Gasteiger partial charge in [-0.05, 0) is 0 Å². The van der Waals surface area contributed by atoms with Crippen molar-refractivity contribution in [2.24, 2.45) is 0 Å². The summed E-state index contributed by atoms with van der Waals surface area (Å²) >= 11 is 0. The van der Waals surface area contributed by atoms with Gasteiger partial charge in [-0.15, -0.1) is 0 Å². The molecule has 0 atom stereocenters. The molecular formula is C2H3F4KO2. The molecule has 0 heterocycles. The van der Waals surface area contributed by atoms with Crippen molar-refractivity contribution >= 4 is 57.4 Å². The number of rotatable bonds is 0. The van der Waals surface area contributed by atoms with Gasteiger partial charge in [-0.3, -0.25) is 4.70 Å². The Hall–Kier alpha value is 0.826. The predicted octanol–water partition coefficient (Wildman–Crippen LogP) is 0.137. The van der Waals surface area contributed by atoms with Gasteiger partial charge in [-0.25, -0.2) is 4.79 Å². The van der Waals surface area contributed by atoms with Crippen LogP contribution in [0.1, 0.15) is 0 Å². The molecule has 0 aromatic carbocycles. The van der Waals surface area contributed by atoms with E-state index in [1.807, 2.05) is 0 Å². The van der Waals surface area contributed by atoms with Gasteiger partial charge in [0.05, 0.1) is 0 Å². The number of alkyl halides is 3. The van der Waals surface area contributed by atoms with E-state index in [9.17, 15) is 13.2 Å². The van der Waals surface area contributed by atoms with Gasteiger partial charge in [0.2, 0.25) is 0 Å². The second-order valence-corrected chi connectivity index (χ2v) is 0.803. The summed E-state index contributed by atoms with van der Waals surface area (Å²) in [7, 11) is 0. The third kappa shape index (κ3) is 8.83. The Morgan fingerprint density at radius 2 is 1.44 bits per heavy atom. The van der Waals surface area contributed by atoms with Gasteiger partial charge in [-0.2, -0.15) is 13.2 Å². The van der Waals surface area contributed by atoms with E-state index in [-0.39, 0.29) is 56.1 Å². The molecule has 0 saturated carbocycles.